The second-order valence-corrected chi connectivity index (χ2v) is 5.86. The minimum absolute atomic E-state index is 0.621. The second kappa shape index (κ2) is 8.48. The molecule has 0 radical (unpaired) electrons. The van der Waals surface area contributed by atoms with Crippen molar-refractivity contribution in [2.75, 3.05) is 40.3 Å². The van der Waals surface area contributed by atoms with Gasteiger partial charge in [0, 0.05) is 64.6 Å². The molecule has 0 bridgehead atoms. The van der Waals surface area contributed by atoms with Crippen molar-refractivity contribution in [3.63, 3.8) is 0 Å². The van der Waals surface area contributed by atoms with E-state index < -0.39 is 0 Å². The Hall–Kier alpha value is -2.61. The first-order chi connectivity index (χ1) is 12.3. The quantitative estimate of drug-likeness (QED) is 0.639. The Labute approximate surface area is 147 Å². The normalized spacial score (nSPS) is 16.1. The summed E-state index contributed by atoms with van der Waals surface area (Å²) in [5.41, 5.74) is 2.08. The van der Waals surface area contributed by atoms with E-state index in [0.717, 1.165) is 49.9 Å². The Bertz CT molecular complexity index is 680. The first-order valence-electron chi connectivity index (χ1n) is 8.34. The Balaban J connectivity index is 1.49. The highest BCUT2D eigenvalue weighted by Gasteiger charge is 2.20. The van der Waals surface area contributed by atoms with Crippen molar-refractivity contribution in [2.45, 2.75) is 13.1 Å². The molecule has 0 aliphatic carbocycles. The molecule has 1 aliphatic heterocycles. The molecule has 1 fully saturated rings. The number of pyridine rings is 1. The zero-order chi connectivity index (χ0) is 17.5. The summed E-state index contributed by atoms with van der Waals surface area (Å²) in [5.74, 6) is 1.53. The van der Waals surface area contributed by atoms with E-state index in [0.29, 0.717) is 12.4 Å². The third-order valence-electron chi connectivity index (χ3n) is 4.22. The molecule has 2 aromatic rings. The van der Waals surface area contributed by atoms with E-state index >= 15 is 0 Å². The summed E-state index contributed by atoms with van der Waals surface area (Å²) in [6, 6.07) is 5.81. The molecule has 2 aromatic heterocycles. The van der Waals surface area contributed by atoms with Crippen molar-refractivity contribution in [1.82, 2.24) is 25.3 Å². The standard InChI is InChI=1S/C17H24N6O2/c1-18-17(20-12-14-3-5-19-16(11-14)24-2)23-8-6-22(7-9-23)13-15-4-10-25-21-15/h3-5,10-11H,6-9,12-13H2,1-2H3,(H,18,20). The number of guanidine groups is 1. The maximum absolute atomic E-state index is 5.16. The highest BCUT2D eigenvalue weighted by atomic mass is 16.5. The fourth-order valence-electron chi connectivity index (χ4n) is 2.85. The van der Waals surface area contributed by atoms with Gasteiger partial charge in [-0.3, -0.25) is 9.89 Å². The Morgan fingerprint density at radius 3 is 2.84 bits per heavy atom. The van der Waals surface area contributed by atoms with Crippen LogP contribution in [0.3, 0.4) is 0 Å². The van der Waals surface area contributed by atoms with Gasteiger partial charge in [-0.1, -0.05) is 5.16 Å². The maximum Gasteiger partial charge on any atom is 0.213 e. The predicted molar refractivity (Wildman–Crippen MR) is 94.3 cm³/mol. The van der Waals surface area contributed by atoms with Gasteiger partial charge in [-0.05, 0) is 11.6 Å². The van der Waals surface area contributed by atoms with Gasteiger partial charge in [0.15, 0.2) is 5.96 Å². The summed E-state index contributed by atoms with van der Waals surface area (Å²) in [6.45, 7) is 5.31. The van der Waals surface area contributed by atoms with Crippen molar-refractivity contribution in [3.05, 3.63) is 41.9 Å². The first kappa shape index (κ1) is 17.2. The van der Waals surface area contributed by atoms with E-state index in [-0.39, 0.29) is 0 Å². The molecule has 0 atom stereocenters. The molecule has 1 aliphatic rings. The van der Waals surface area contributed by atoms with E-state index in [1.807, 2.05) is 25.2 Å². The Morgan fingerprint density at radius 1 is 1.32 bits per heavy atom. The number of aliphatic imine (C=N–C) groups is 1. The van der Waals surface area contributed by atoms with Gasteiger partial charge in [0.2, 0.25) is 5.88 Å². The summed E-state index contributed by atoms with van der Waals surface area (Å²) in [6.07, 6.45) is 3.37. The summed E-state index contributed by atoms with van der Waals surface area (Å²) in [4.78, 5) is 13.2. The van der Waals surface area contributed by atoms with Gasteiger partial charge in [-0.15, -0.1) is 0 Å². The lowest BCUT2D eigenvalue weighted by Gasteiger charge is -2.36. The lowest BCUT2D eigenvalue weighted by molar-refractivity contribution is 0.169. The van der Waals surface area contributed by atoms with Crippen LogP contribution in [-0.4, -0.2) is 66.2 Å². The molecule has 0 amide bonds. The van der Waals surface area contributed by atoms with Crippen LogP contribution in [0, 0.1) is 0 Å². The van der Waals surface area contributed by atoms with Crippen LogP contribution in [0.1, 0.15) is 11.3 Å². The molecular weight excluding hydrogens is 320 g/mol. The number of hydrogen-bond acceptors (Lipinski definition) is 6. The fourth-order valence-corrected chi connectivity index (χ4v) is 2.85. The monoisotopic (exact) mass is 344 g/mol. The molecule has 25 heavy (non-hydrogen) atoms. The molecule has 134 valence electrons. The van der Waals surface area contributed by atoms with Gasteiger partial charge in [-0.2, -0.15) is 0 Å². The van der Waals surface area contributed by atoms with E-state index in [4.69, 9.17) is 9.26 Å². The van der Waals surface area contributed by atoms with Crippen LogP contribution in [0.25, 0.3) is 0 Å². The van der Waals surface area contributed by atoms with Crippen LogP contribution < -0.4 is 10.1 Å². The largest absolute Gasteiger partial charge is 0.481 e. The van der Waals surface area contributed by atoms with Crippen LogP contribution in [-0.2, 0) is 13.1 Å². The van der Waals surface area contributed by atoms with Crippen LogP contribution in [0.15, 0.2) is 40.2 Å². The highest BCUT2D eigenvalue weighted by Crippen LogP contribution is 2.10. The van der Waals surface area contributed by atoms with E-state index in [1.54, 1.807) is 19.6 Å². The summed E-state index contributed by atoms with van der Waals surface area (Å²) in [5, 5.41) is 7.39. The number of rotatable bonds is 5. The molecule has 8 nitrogen and oxygen atoms in total. The molecule has 3 heterocycles. The smallest absolute Gasteiger partial charge is 0.213 e. The molecule has 0 saturated carbocycles. The first-order valence-corrected chi connectivity index (χ1v) is 8.34. The fraction of sp³-hybridized carbons (Fsp3) is 0.471. The summed E-state index contributed by atoms with van der Waals surface area (Å²) < 4.78 is 10.1. The van der Waals surface area contributed by atoms with Gasteiger partial charge >= 0.3 is 0 Å². The number of ether oxygens (including phenoxy) is 1. The minimum Gasteiger partial charge on any atom is -0.481 e. The van der Waals surface area contributed by atoms with Gasteiger partial charge in [0.25, 0.3) is 0 Å². The predicted octanol–water partition coefficient (Wildman–Crippen LogP) is 0.971. The average Bonchev–Trinajstić information content (AvgIpc) is 3.17. The van der Waals surface area contributed by atoms with Crippen molar-refractivity contribution in [1.29, 1.82) is 0 Å². The number of nitrogens with one attached hydrogen (secondary N) is 1. The number of nitrogens with zero attached hydrogens (tertiary/aromatic N) is 5. The molecule has 1 N–H and O–H groups in total. The van der Waals surface area contributed by atoms with Gasteiger partial charge in [0.1, 0.15) is 6.26 Å². The average molecular weight is 344 g/mol. The number of methoxy groups -OCH3 is 1. The van der Waals surface area contributed by atoms with Crippen LogP contribution in [0.5, 0.6) is 5.88 Å². The molecule has 0 aromatic carbocycles. The zero-order valence-electron chi connectivity index (χ0n) is 14.7. The second-order valence-electron chi connectivity index (χ2n) is 5.86. The van der Waals surface area contributed by atoms with Crippen molar-refractivity contribution >= 4 is 5.96 Å². The SMILES string of the molecule is CN=C(NCc1ccnc(OC)c1)N1CCN(Cc2ccon2)CC1. The minimum atomic E-state index is 0.621. The molecule has 0 unspecified atom stereocenters. The van der Waals surface area contributed by atoms with Gasteiger partial charge < -0.3 is 19.5 Å². The van der Waals surface area contributed by atoms with E-state index in [9.17, 15) is 0 Å². The number of aromatic nitrogens is 2. The van der Waals surface area contributed by atoms with Crippen LogP contribution in [0.2, 0.25) is 0 Å². The van der Waals surface area contributed by atoms with E-state index in [1.165, 1.54) is 0 Å². The van der Waals surface area contributed by atoms with Crippen LogP contribution in [0.4, 0.5) is 0 Å². The Morgan fingerprint density at radius 2 is 2.16 bits per heavy atom. The lowest BCUT2D eigenvalue weighted by atomic mass is 10.2. The molecule has 8 heteroatoms. The molecule has 3 rings (SSSR count). The lowest BCUT2D eigenvalue weighted by Crippen LogP contribution is -2.52. The van der Waals surface area contributed by atoms with Gasteiger partial charge in [0.05, 0.1) is 12.8 Å². The Kier molecular flexibility index (Phi) is 5.84. The topological polar surface area (TPSA) is 79.0 Å². The van der Waals surface area contributed by atoms with Crippen molar-refractivity contribution in [2.24, 2.45) is 4.99 Å². The molecular formula is C17H24N6O2. The van der Waals surface area contributed by atoms with Crippen molar-refractivity contribution in [3.8, 4) is 5.88 Å². The van der Waals surface area contributed by atoms with Gasteiger partial charge in [-0.25, -0.2) is 4.98 Å². The zero-order valence-corrected chi connectivity index (χ0v) is 14.7. The number of piperazine rings is 1. The third-order valence-corrected chi connectivity index (χ3v) is 4.22. The molecule has 0 spiro atoms. The third kappa shape index (κ3) is 4.69. The van der Waals surface area contributed by atoms with Crippen molar-refractivity contribution < 1.29 is 9.26 Å². The van der Waals surface area contributed by atoms with Crippen LogP contribution >= 0.6 is 0 Å². The maximum atomic E-state index is 5.16. The molecule has 1 saturated heterocycles. The number of hydrogen-bond donors (Lipinski definition) is 1. The highest BCUT2D eigenvalue weighted by molar-refractivity contribution is 5.80. The summed E-state index contributed by atoms with van der Waals surface area (Å²) in [7, 11) is 3.44. The van der Waals surface area contributed by atoms with E-state index in [2.05, 4.69) is 30.2 Å². The summed E-state index contributed by atoms with van der Waals surface area (Å²) >= 11 is 0.